The van der Waals surface area contributed by atoms with Crippen molar-refractivity contribution < 1.29 is 9.53 Å². The van der Waals surface area contributed by atoms with E-state index in [2.05, 4.69) is 81.0 Å². The van der Waals surface area contributed by atoms with E-state index in [1.54, 1.807) is 7.11 Å². The summed E-state index contributed by atoms with van der Waals surface area (Å²) >= 11 is 0. The van der Waals surface area contributed by atoms with Crippen molar-refractivity contribution in [3.8, 4) is 5.75 Å². The zero-order valence-corrected chi connectivity index (χ0v) is 24.8. The minimum absolute atomic E-state index is 0.00461. The highest BCUT2D eigenvalue weighted by molar-refractivity contribution is 5.83. The third-order valence-corrected chi connectivity index (χ3v) is 8.50. The molecule has 1 fully saturated rings. The van der Waals surface area contributed by atoms with E-state index in [1.807, 2.05) is 24.3 Å². The summed E-state index contributed by atoms with van der Waals surface area (Å²) in [6, 6.07) is 26.7. The lowest BCUT2D eigenvalue weighted by molar-refractivity contribution is -0.126. The van der Waals surface area contributed by atoms with Gasteiger partial charge < -0.3 is 24.9 Å². The number of methoxy groups -OCH3 is 1. The molecule has 0 aliphatic carbocycles. The normalized spacial score (nSPS) is 14.5. The van der Waals surface area contributed by atoms with Gasteiger partial charge >= 0.3 is 0 Å². The first kappa shape index (κ1) is 28.7. The van der Waals surface area contributed by atoms with Crippen LogP contribution in [0, 0.1) is 5.92 Å². The van der Waals surface area contributed by atoms with E-state index < -0.39 is 0 Å². The van der Waals surface area contributed by atoms with Crippen LogP contribution in [-0.2, 0) is 30.6 Å². The Labute approximate surface area is 252 Å². The third-order valence-electron chi connectivity index (χ3n) is 8.50. The number of aromatic amines is 1. The van der Waals surface area contributed by atoms with Gasteiger partial charge in [-0.2, -0.15) is 0 Å². The fourth-order valence-electron chi connectivity index (χ4n) is 6.07. The Morgan fingerprint density at radius 3 is 2.51 bits per heavy atom. The van der Waals surface area contributed by atoms with Crippen molar-refractivity contribution in [2.24, 2.45) is 5.92 Å². The van der Waals surface area contributed by atoms with Crippen molar-refractivity contribution in [2.75, 3.05) is 20.2 Å². The smallest absolute Gasteiger partial charge is 0.223 e. The number of aromatic nitrogens is 4. The molecule has 1 atom stereocenters. The number of H-pyrrole nitrogens is 1. The number of hydrogen-bond acceptors (Lipinski definition) is 5. The van der Waals surface area contributed by atoms with E-state index in [0.29, 0.717) is 13.0 Å². The molecule has 3 aromatic carbocycles. The molecule has 222 valence electrons. The van der Waals surface area contributed by atoms with Gasteiger partial charge in [0.05, 0.1) is 19.7 Å². The van der Waals surface area contributed by atoms with Crippen LogP contribution in [0.3, 0.4) is 0 Å². The Morgan fingerprint density at radius 2 is 1.72 bits per heavy atom. The van der Waals surface area contributed by atoms with E-state index in [1.165, 1.54) is 5.56 Å². The number of nitrogens with zero attached hydrogens (tertiary/aromatic N) is 3. The van der Waals surface area contributed by atoms with Crippen molar-refractivity contribution >= 4 is 16.8 Å². The lowest BCUT2D eigenvalue weighted by atomic mass is 9.96. The van der Waals surface area contributed by atoms with Crippen molar-refractivity contribution in [1.82, 2.24) is 30.4 Å². The number of amides is 1. The van der Waals surface area contributed by atoms with Crippen LogP contribution >= 0.6 is 0 Å². The van der Waals surface area contributed by atoms with Gasteiger partial charge in [0.1, 0.15) is 11.6 Å². The molecule has 6 rings (SSSR count). The molecule has 2 aromatic heterocycles. The standard InChI is InChI=1S/C35H40N6O2/c1-43-29-16-14-26(15-17-29)24-41-33(13-7-10-25-8-3-2-4-9-25)39-40-34(41)32(38-35(42)27-18-20-36-21-19-27)22-28-23-37-31-12-6-5-11-30(28)31/h2-6,8-9,11-12,14-17,23,27,32,36-37H,7,10,13,18-22,24H2,1H3,(H,38,42)/t32-/m1/s1. The Kier molecular flexibility index (Phi) is 9.13. The molecular formula is C35H40N6O2. The number of fused-ring (bicyclic) bond motifs is 1. The molecule has 0 unspecified atom stereocenters. The van der Waals surface area contributed by atoms with Crippen LogP contribution in [-0.4, -0.2) is 45.9 Å². The third kappa shape index (κ3) is 6.97. The second-order valence-corrected chi connectivity index (χ2v) is 11.4. The van der Waals surface area contributed by atoms with Crippen LogP contribution in [0.25, 0.3) is 10.9 Å². The van der Waals surface area contributed by atoms with Crippen LogP contribution < -0.4 is 15.4 Å². The van der Waals surface area contributed by atoms with Crippen LogP contribution in [0.15, 0.2) is 85.1 Å². The first-order valence-electron chi connectivity index (χ1n) is 15.3. The highest BCUT2D eigenvalue weighted by atomic mass is 16.5. The topological polar surface area (TPSA) is 96.9 Å². The van der Waals surface area contributed by atoms with Gasteiger partial charge in [-0.25, -0.2) is 0 Å². The Hall–Kier alpha value is -4.43. The molecule has 3 heterocycles. The number of nitrogens with one attached hydrogen (secondary N) is 3. The molecule has 0 spiro atoms. The largest absolute Gasteiger partial charge is 0.497 e. The second-order valence-electron chi connectivity index (χ2n) is 11.4. The van der Waals surface area contributed by atoms with Gasteiger partial charge in [-0.05, 0) is 73.7 Å². The number of carbonyl (C=O) groups excluding carboxylic acids is 1. The average molecular weight is 577 g/mol. The average Bonchev–Trinajstić information content (AvgIpc) is 3.65. The van der Waals surface area contributed by atoms with E-state index in [9.17, 15) is 4.79 Å². The second kappa shape index (κ2) is 13.7. The molecule has 8 heteroatoms. The van der Waals surface area contributed by atoms with Crippen molar-refractivity contribution in [1.29, 1.82) is 0 Å². The summed E-state index contributed by atoms with van der Waals surface area (Å²) in [5.74, 6) is 2.63. The molecule has 0 radical (unpaired) electrons. The number of para-hydroxylation sites is 1. The van der Waals surface area contributed by atoms with Gasteiger partial charge in [0.15, 0.2) is 5.82 Å². The Balaban J connectivity index is 1.33. The van der Waals surface area contributed by atoms with E-state index >= 15 is 0 Å². The molecule has 1 saturated heterocycles. The summed E-state index contributed by atoms with van der Waals surface area (Å²) < 4.78 is 7.61. The maximum Gasteiger partial charge on any atom is 0.223 e. The Bertz CT molecular complexity index is 1620. The number of rotatable bonds is 12. The zero-order valence-electron chi connectivity index (χ0n) is 24.8. The minimum Gasteiger partial charge on any atom is -0.497 e. The fraction of sp³-hybridized carbons (Fsp3) is 0.343. The summed E-state index contributed by atoms with van der Waals surface area (Å²) in [4.78, 5) is 17.0. The van der Waals surface area contributed by atoms with Crippen LogP contribution in [0.1, 0.15) is 53.6 Å². The minimum atomic E-state index is -0.324. The van der Waals surface area contributed by atoms with Crippen molar-refractivity contribution in [3.63, 3.8) is 0 Å². The van der Waals surface area contributed by atoms with Gasteiger partial charge in [0.25, 0.3) is 0 Å². The summed E-state index contributed by atoms with van der Waals surface area (Å²) in [6.45, 7) is 2.34. The van der Waals surface area contributed by atoms with Gasteiger partial charge in [-0.15, -0.1) is 10.2 Å². The SMILES string of the molecule is COc1ccc(Cn2c(CCCc3ccccc3)nnc2[C@@H](Cc2c[nH]c3ccccc23)NC(=O)C2CCNCC2)cc1. The summed E-state index contributed by atoms with van der Waals surface area (Å²) in [5, 5.41) is 17.5. The van der Waals surface area contributed by atoms with Gasteiger partial charge in [0.2, 0.25) is 5.91 Å². The van der Waals surface area contributed by atoms with Crippen molar-refractivity contribution in [3.05, 3.63) is 113 Å². The van der Waals surface area contributed by atoms with E-state index in [4.69, 9.17) is 14.9 Å². The van der Waals surface area contributed by atoms with Crippen molar-refractivity contribution in [2.45, 2.75) is 51.1 Å². The summed E-state index contributed by atoms with van der Waals surface area (Å²) in [5.41, 5.74) is 4.68. The van der Waals surface area contributed by atoms with Gasteiger partial charge in [-0.1, -0.05) is 60.7 Å². The molecule has 43 heavy (non-hydrogen) atoms. The predicted octanol–water partition coefficient (Wildman–Crippen LogP) is 5.39. The lowest BCUT2D eigenvalue weighted by Crippen LogP contribution is -2.41. The first-order valence-corrected chi connectivity index (χ1v) is 15.3. The molecule has 1 aliphatic rings. The molecule has 0 saturated carbocycles. The summed E-state index contributed by atoms with van der Waals surface area (Å²) in [7, 11) is 1.68. The lowest BCUT2D eigenvalue weighted by Gasteiger charge is -2.26. The maximum absolute atomic E-state index is 13.6. The van der Waals surface area contributed by atoms with E-state index in [-0.39, 0.29) is 17.9 Å². The zero-order chi connectivity index (χ0) is 29.4. The molecule has 5 aromatic rings. The maximum atomic E-state index is 13.6. The van der Waals surface area contributed by atoms with Crippen LogP contribution in [0.4, 0.5) is 0 Å². The number of piperidine rings is 1. The quantitative estimate of drug-likeness (QED) is 0.185. The van der Waals surface area contributed by atoms with Crippen LogP contribution in [0.2, 0.25) is 0 Å². The number of carbonyl (C=O) groups is 1. The number of ether oxygens (including phenoxy) is 1. The highest BCUT2D eigenvalue weighted by Crippen LogP contribution is 2.27. The van der Waals surface area contributed by atoms with Gasteiger partial charge in [-0.3, -0.25) is 4.79 Å². The molecular weight excluding hydrogens is 536 g/mol. The van der Waals surface area contributed by atoms with Crippen LogP contribution in [0.5, 0.6) is 5.75 Å². The number of aryl methyl sites for hydroxylation is 2. The predicted molar refractivity (Wildman–Crippen MR) is 169 cm³/mol. The molecule has 3 N–H and O–H groups in total. The number of hydrogen-bond donors (Lipinski definition) is 3. The number of benzene rings is 3. The summed E-state index contributed by atoms with van der Waals surface area (Å²) in [6.07, 6.45) is 7.07. The fourth-order valence-corrected chi connectivity index (χ4v) is 6.07. The molecule has 8 nitrogen and oxygen atoms in total. The highest BCUT2D eigenvalue weighted by Gasteiger charge is 2.28. The first-order chi connectivity index (χ1) is 21.2. The monoisotopic (exact) mass is 576 g/mol. The molecule has 0 bridgehead atoms. The molecule has 1 aliphatic heterocycles. The van der Waals surface area contributed by atoms with E-state index in [0.717, 1.165) is 84.6 Å². The Morgan fingerprint density at radius 1 is 0.953 bits per heavy atom. The van der Waals surface area contributed by atoms with Gasteiger partial charge in [0, 0.05) is 35.9 Å². The molecule has 1 amide bonds.